The molecule has 120 valence electrons. The maximum Gasteiger partial charge on any atom is 0.407 e. The Kier molecular flexibility index (Phi) is 4.93. The lowest BCUT2D eigenvalue weighted by Gasteiger charge is -2.14. The molecule has 0 atom stereocenters. The standard InChI is InChI=1S/C19H21NO3/c1-2-22-12-11-20-19(21)23-13-18-16-9-5-3-7-14(16)15-8-4-6-10-17(15)18/h3-10,18H,2,11-13H2,1H3,(H,20,21). The van der Waals surface area contributed by atoms with E-state index in [-0.39, 0.29) is 5.92 Å². The molecule has 0 aromatic heterocycles. The molecule has 1 aliphatic carbocycles. The fourth-order valence-electron chi connectivity index (χ4n) is 3.02. The van der Waals surface area contributed by atoms with Crippen molar-refractivity contribution >= 4 is 6.09 Å². The quantitative estimate of drug-likeness (QED) is 0.830. The first-order valence-corrected chi connectivity index (χ1v) is 7.98. The topological polar surface area (TPSA) is 47.6 Å². The smallest absolute Gasteiger partial charge is 0.407 e. The van der Waals surface area contributed by atoms with E-state index in [4.69, 9.17) is 9.47 Å². The second-order valence-corrected chi connectivity index (χ2v) is 5.45. The number of hydrogen-bond acceptors (Lipinski definition) is 3. The van der Waals surface area contributed by atoms with Gasteiger partial charge in [-0.15, -0.1) is 0 Å². The number of carbonyl (C=O) groups is 1. The molecule has 0 aliphatic heterocycles. The van der Waals surface area contributed by atoms with Crippen molar-refractivity contribution in [3.63, 3.8) is 0 Å². The fraction of sp³-hybridized carbons (Fsp3) is 0.316. The van der Waals surface area contributed by atoms with Gasteiger partial charge >= 0.3 is 6.09 Å². The van der Waals surface area contributed by atoms with Crippen LogP contribution >= 0.6 is 0 Å². The van der Waals surface area contributed by atoms with Crippen LogP contribution < -0.4 is 5.32 Å². The summed E-state index contributed by atoms with van der Waals surface area (Å²) in [5.41, 5.74) is 4.90. The summed E-state index contributed by atoms with van der Waals surface area (Å²) in [6.45, 7) is 3.87. The minimum absolute atomic E-state index is 0.0973. The van der Waals surface area contributed by atoms with E-state index >= 15 is 0 Å². The molecule has 2 aromatic carbocycles. The Bertz CT molecular complexity index is 638. The Morgan fingerprint density at radius 2 is 1.65 bits per heavy atom. The number of carbonyl (C=O) groups excluding carboxylic acids is 1. The maximum atomic E-state index is 11.8. The minimum Gasteiger partial charge on any atom is -0.449 e. The number of amides is 1. The monoisotopic (exact) mass is 311 g/mol. The highest BCUT2D eigenvalue weighted by Gasteiger charge is 2.28. The van der Waals surface area contributed by atoms with Crippen LogP contribution in [0.2, 0.25) is 0 Å². The third kappa shape index (κ3) is 3.37. The number of alkyl carbamates (subject to hydrolysis) is 1. The second-order valence-electron chi connectivity index (χ2n) is 5.45. The first kappa shape index (κ1) is 15.6. The largest absolute Gasteiger partial charge is 0.449 e. The van der Waals surface area contributed by atoms with Gasteiger partial charge in [0.05, 0.1) is 6.61 Å². The van der Waals surface area contributed by atoms with E-state index in [1.165, 1.54) is 22.3 Å². The summed E-state index contributed by atoms with van der Waals surface area (Å²) in [4.78, 5) is 11.8. The molecule has 0 saturated carbocycles. The highest BCUT2D eigenvalue weighted by atomic mass is 16.5. The Balaban J connectivity index is 1.65. The van der Waals surface area contributed by atoms with E-state index in [0.29, 0.717) is 26.4 Å². The molecule has 1 aliphatic rings. The molecule has 2 aromatic rings. The van der Waals surface area contributed by atoms with Gasteiger partial charge in [0.1, 0.15) is 6.61 Å². The highest BCUT2D eigenvalue weighted by Crippen LogP contribution is 2.44. The molecule has 3 rings (SSSR count). The number of ether oxygens (including phenoxy) is 2. The van der Waals surface area contributed by atoms with Gasteiger partial charge in [0.15, 0.2) is 0 Å². The van der Waals surface area contributed by atoms with Crippen LogP contribution in [-0.2, 0) is 9.47 Å². The van der Waals surface area contributed by atoms with Crippen LogP contribution in [0.4, 0.5) is 4.79 Å². The summed E-state index contributed by atoms with van der Waals surface area (Å²) < 4.78 is 10.6. The van der Waals surface area contributed by atoms with Crippen LogP contribution in [0.5, 0.6) is 0 Å². The summed E-state index contributed by atoms with van der Waals surface area (Å²) >= 11 is 0. The van der Waals surface area contributed by atoms with E-state index in [0.717, 1.165) is 0 Å². The molecular formula is C19H21NO3. The zero-order valence-corrected chi connectivity index (χ0v) is 13.2. The van der Waals surface area contributed by atoms with Gasteiger partial charge in [0.25, 0.3) is 0 Å². The summed E-state index contributed by atoms with van der Waals surface area (Å²) in [6, 6.07) is 16.6. The van der Waals surface area contributed by atoms with E-state index in [1.807, 2.05) is 31.2 Å². The molecule has 4 nitrogen and oxygen atoms in total. The van der Waals surface area contributed by atoms with Crippen LogP contribution in [-0.4, -0.2) is 32.5 Å². The Morgan fingerprint density at radius 1 is 1.04 bits per heavy atom. The Morgan fingerprint density at radius 3 is 2.26 bits per heavy atom. The summed E-state index contributed by atoms with van der Waals surface area (Å²) in [7, 11) is 0. The first-order chi connectivity index (χ1) is 11.3. The number of fused-ring (bicyclic) bond motifs is 3. The van der Waals surface area contributed by atoms with Crippen LogP contribution in [0.25, 0.3) is 11.1 Å². The lowest BCUT2D eigenvalue weighted by Crippen LogP contribution is -2.29. The Labute approximate surface area is 136 Å². The zero-order valence-electron chi connectivity index (χ0n) is 13.2. The molecule has 0 fully saturated rings. The molecule has 4 heteroatoms. The van der Waals surface area contributed by atoms with Crippen molar-refractivity contribution in [3.05, 3.63) is 59.7 Å². The van der Waals surface area contributed by atoms with Crippen molar-refractivity contribution in [1.82, 2.24) is 5.32 Å². The molecule has 23 heavy (non-hydrogen) atoms. The zero-order chi connectivity index (χ0) is 16.1. The average Bonchev–Trinajstić information content (AvgIpc) is 2.91. The van der Waals surface area contributed by atoms with Gasteiger partial charge in [-0.05, 0) is 29.2 Å². The molecular weight excluding hydrogens is 290 g/mol. The van der Waals surface area contributed by atoms with Gasteiger partial charge in [-0.2, -0.15) is 0 Å². The van der Waals surface area contributed by atoms with Gasteiger partial charge < -0.3 is 14.8 Å². The van der Waals surface area contributed by atoms with E-state index in [9.17, 15) is 4.79 Å². The van der Waals surface area contributed by atoms with Crippen molar-refractivity contribution in [2.45, 2.75) is 12.8 Å². The first-order valence-electron chi connectivity index (χ1n) is 7.98. The van der Waals surface area contributed by atoms with E-state index in [1.54, 1.807) is 0 Å². The number of hydrogen-bond donors (Lipinski definition) is 1. The molecule has 0 unspecified atom stereocenters. The minimum atomic E-state index is -0.397. The predicted molar refractivity (Wildman–Crippen MR) is 89.6 cm³/mol. The molecule has 1 amide bonds. The molecule has 0 spiro atoms. The molecule has 1 N–H and O–H groups in total. The fourth-order valence-corrected chi connectivity index (χ4v) is 3.02. The van der Waals surface area contributed by atoms with Crippen molar-refractivity contribution in [1.29, 1.82) is 0 Å². The average molecular weight is 311 g/mol. The maximum absolute atomic E-state index is 11.8. The van der Waals surface area contributed by atoms with Gasteiger partial charge in [-0.3, -0.25) is 0 Å². The van der Waals surface area contributed by atoms with Gasteiger partial charge in [-0.1, -0.05) is 48.5 Å². The summed E-state index contributed by atoms with van der Waals surface area (Å²) in [5, 5.41) is 2.70. The SMILES string of the molecule is CCOCCNC(=O)OCC1c2ccccc2-c2ccccc21. The van der Waals surface area contributed by atoms with Crippen molar-refractivity contribution < 1.29 is 14.3 Å². The van der Waals surface area contributed by atoms with Crippen LogP contribution in [0.15, 0.2) is 48.5 Å². The third-order valence-electron chi connectivity index (χ3n) is 4.06. The lowest BCUT2D eigenvalue weighted by molar-refractivity contribution is 0.126. The van der Waals surface area contributed by atoms with Gasteiger partial charge in [0.2, 0.25) is 0 Å². The molecule has 0 radical (unpaired) electrons. The molecule has 0 saturated heterocycles. The number of benzene rings is 2. The van der Waals surface area contributed by atoms with Gasteiger partial charge in [0, 0.05) is 19.1 Å². The Hall–Kier alpha value is -2.33. The molecule has 0 heterocycles. The summed E-state index contributed by atoms with van der Waals surface area (Å²) in [6.07, 6.45) is -0.397. The van der Waals surface area contributed by atoms with Crippen molar-refractivity contribution in [3.8, 4) is 11.1 Å². The molecule has 0 bridgehead atoms. The number of rotatable bonds is 6. The van der Waals surface area contributed by atoms with E-state index < -0.39 is 6.09 Å². The summed E-state index contributed by atoms with van der Waals surface area (Å²) in [5.74, 6) is 0.0973. The lowest BCUT2D eigenvalue weighted by atomic mass is 9.98. The van der Waals surface area contributed by atoms with Crippen LogP contribution in [0.1, 0.15) is 24.0 Å². The van der Waals surface area contributed by atoms with Crippen LogP contribution in [0, 0.1) is 0 Å². The third-order valence-corrected chi connectivity index (χ3v) is 4.06. The second kappa shape index (κ2) is 7.29. The van der Waals surface area contributed by atoms with Gasteiger partial charge in [-0.25, -0.2) is 4.79 Å². The highest BCUT2D eigenvalue weighted by molar-refractivity contribution is 5.79. The normalized spacial score (nSPS) is 12.6. The number of nitrogens with one attached hydrogen (secondary N) is 1. The van der Waals surface area contributed by atoms with Crippen molar-refractivity contribution in [2.75, 3.05) is 26.4 Å². The van der Waals surface area contributed by atoms with Crippen LogP contribution in [0.3, 0.4) is 0 Å². The van der Waals surface area contributed by atoms with Crippen molar-refractivity contribution in [2.24, 2.45) is 0 Å². The van der Waals surface area contributed by atoms with E-state index in [2.05, 4.69) is 29.6 Å². The predicted octanol–water partition coefficient (Wildman–Crippen LogP) is 3.56.